The van der Waals surface area contributed by atoms with Gasteiger partial charge in [-0.3, -0.25) is 4.90 Å². The third-order valence-electron chi connectivity index (χ3n) is 4.19. The first-order valence-corrected chi connectivity index (χ1v) is 8.20. The number of hydrogen-bond donors (Lipinski definition) is 1. The number of thiazole rings is 1. The van der Waals surface area contributed by atoms with Crippen molar-refractivity contribution in [2.75, 3.05) is 13.1 Å². The van der Waals surface area contributed by atoms with E-state index in [2.05, 4.69) is 55.2 Å². The molecule has 108 valence electrons. The molecule has 3 atom stereocenters. The Balaban J connectivity index is 2.16. The van der Waals surface area contributed by atoms with Crippen LogP contribution in [-0.2, 0) is 0 Å². The standard InChI is InChI=1S/C15H27N3S/c1-6-12(14-16-7-8-19-14)18-10-13(15(3,4)5)17-9-11(18)2/h7-8,11-13,17H,6,9-10H2,1-5H3. The topological polar surface area (TPSA) is 28.2 Å². The van der Waals surface area contributed by atoms with E-state index in [0.29, 0.717) is 23.5 Å². The highest BCUT2D eigenvalue weighted by Gasteiger charge is 2.36. The van der Waals surface area contributed by atoms with Gasteiger partial charge in [0.25, 0.3) is 0 Å². The molecule has 1 aliphatic rings. The summed E-state index contributed by atoms with van der Waals surface area (Å²) in [4.78, 5) is 7.18. The van der Waals surface area contributed by atoms with Gasteiger partial charge in [-0.25, -0.2) is 4.98 Å². The molecule has 0 spiro atoms. The van der Waals surface area contributed by atoms with Crippen LogP contribution in [0.2, 0.25) is 0 Å². The van der Waals surface area contributed by atoms with Crippen LogP contribution in [0.25, 0.3) is 0 Å². The van der Waals surface area contributed by atoms with E-state index in [4.69, 9.17) is 0 Å². The number of nitrogens with one attached hydrogen (secondary N) is 1. The van der Waals surface area contributed by atoms with Gasteiger partial charge in [-0.15, -0.1) is 11.3 Å². The number of nitrogens with zero attached hydrogens (tertiary/aromatic N) is 2. The van der Waals surface area contributed by atoms with Crippen LogP contribution in [-0.4, -0.2) is 35.1 Å². The smallest absolute Gasteiger partial charge is 0.110 e. The molecule has 3 nitrogen and oxygen atoms in total. The molecule has 1 aromatic heterocycles. The third-order valence-corrected chi connectivity index (χ3v) is 5.06. The van der Waals surface area contributed by atoms with Gasteiger partial charge < -0.3 is 5.32 Å². The highest BCUT2D eigenvalue weighted by Crippen LogP contribution is 2.32. The summed E-state index contributed by atoms with van der Waals surface area (Å²) in [7, 11) is 0. The van der Waals surface area contributed by atoms with Crippen LogP contribution >= 0.6 is 11.3 Å². The molecule has 1 aliphatic heterocycles. The Kier molecular flexibility index (Phi) is 4.64. The molecule has 0 amide bonds. The molecule has 1 fully saturated rings. The van der Waals surface area contributed by atoms with Gasteiger partial charge in [0.2, 0.25) is 0 Å². The maximum atomic E-state index is 4.54. The SMILES string of the molecule is CCC(c1nccs1)N1CC(C(C)(C)C)NCC1C. The first kappa shape index (κ1) is 14.9. The lowest BCUT2D eigenvalue weighted by Gasteiger charge is -2.46. The van der Waals surface area contributed by atoms with Crippen molar-refractivity contribution in [3.8, 4) is 0 Å². The molecule has 0 saturated carbocycles. The molecule has 3 unspecified atom stereocenters. The van der Waals surface area contributed by atoms with Gasteiger partial charge in [-0.05, 0) is 18.8 Å². The van der Waals surface area contributed by atoms with Crippen LogP contribution in [0, 0.1) is 5.41 Å². The van der Waals surface area contributed by atoms with E-state index < -0.39 is 0 Å². The average molecular weight is 281 g/mol. The van der Waals surface area contributed by atoms with Crippen molar-refractivity contribution in [3.63, 3.8) is 0 Å². The van der Waals surface area contributed by atoms with Crippen molar-refractivity contribution >= 4 is 11.3 Å². The van der Waals surface area contributed by atoms with E-state index >= 15 is 0 Å². The Morgan fingerprint density at radius 3 is 2.79 bits per heavy atom. The zero-order valence-corrected chi connectivity index (χ0v) is 13.6. The third kappa shape index (κ3) is 3.36. The van der Waals surface area contributed by atoms with E-state index in [9.17, 15) is 0 Å². The van der Waals surface area contributed by atoms with Crippen LogP contribution in [0.3, 0.4) is 0 Å². The molecule has 2 rings (SSSR count). The maximum Gasteiger partial charge on any atom is 0.110 e. The van der Waals surface area contributed by atoms with E-state index in [1.54, 1.807) is 11.3 Å². The lowest BCUT2D eigenvalue weighted by Crippen LogP contribution is -2.60. The van der Waals surface area contributed by atoms with Gasteiger partial charge in [0.15, 0.2) is 0 Å². The van der Waals surface area contributed by atoms with Crippen molar-refractivity contribution in [3.05, 3.63) is 16.6 Å². The highest BCUT2D eigenvalue weighted by molar-refractivity contribution is 7.09. The number of hydrogen-bond acceptors (Lipinski definition) is 4. The molecular formula is C15H27N3S. The second-order valence-corrected chi connectivity index (χ2v) is 7.59. The summed E-state index contributed by atoms with van der Waals surface area (Å²) in [5.41, 5.74) is 0.305. The Hall–Kier alpha value is -0.450. The van der Waals surface area contributed by atoms with Crippen molar-refractivity contribution in [2.45, 2.75) is 59.2 Å². The molecule has 4 heteroatoms. The van der Waals surface area contributed by atoms with Gasteiger partial charge in [-0.2, -0.15) is 0 Å². The Morgan fingerprint density at radius 2 is 2.26 bits per heavy atom. The quantitative estimate of drug-likeness (QED) is 0.921. The molecule has 0 aliphatic carbocycles. The molecular weight excluding hydrogens is 254 g/mol. The fourth-order valence-electron chi connectivity index (χ4n) is 2.85. The summed E-state index contributed by atoms with van der Waals surface area (Å²) in [6.07, 6.45) is 3.06. The second kappa shape index (κ2) is 5.90. The Morgan fingerprint density at radius 1 is 1.53 bits per heavy atom. The maximum absolute atomic E-state index is 4.54. The zero-order valence-electron chi connectivity index (χ0n) is 12.8. The monoisotopic (exact) mass is 281 g/mol. The number of piperazine rings is 1. The summed E-state index contributed by atoms with van der Waals surface area (Å²) in [6.45, 7) is 13.7. The average Bonchev–Trinajstić information content (AvgIpc) is 2.84. The van der Waals surface area contributed by atoms with Gasteiger partial charge >= 0.3 is 0 Å². The summed E-state index contributed by atoms with van der Waals surface area (Å²) in [5, 5.41) is 7.06. The minimum absolute atomic E-state index is 0.305. The van der Waals surface area contributed by atoms with E-state index in [-0.39, 0.29) is 0 Å². The van der Waals surface area contributed by atoms with E-state index in [1.165, 1.54) is 5.01 Å². The van der Waals surface area contributed by atoms with E-state index in [0.717, 1.165) is 19.5 Å². The normalized spacial score (nSPS) is 27.4. The molecule has 2 heterocycles. The molecule has 1 saturated heterocycles. The fourth-order valence-corrected chi connectivity index (χ4v) is 3.69. The number of aromatic nitrogens is 1. The van der Waals surface area contributed by atoms with Crippen molar-refractivity contribution in [2.24, 2.45) is 5.41 Å². The minimum Gasteiger partial charge on any atom is -0.311 e. The van der Waals surface area contributed by atoms with Crippen molar-refractivity contribution in [1.29, 1.82) is 0 Å². The van der Waals surface area contributed by atoms with Gasteiger partial charge in [0.05, 0.1) is 6.04 Å². The van der Waals surface area contributed by atoms with Crippen molar-refractivity contribution < 1.29 is 0 Å². The summed E-state index contributed by atoms with van der Waals surface area (Å²) < 4.78 is 0. The van der Waals surface area contributed by atoms with Crippen LogP contribution in [0.4, 0.5) is 0 Å². The molecule has 19 heavy (non-hydrogen) atoms. The lowest BCUT2D eigenvalue weighted by molar-refractivity contribution is 0.0546. The molecule has 0 aromatic carbocycles. The molecule has 1 N–H and O–H groups in total. The Labute approximate surface area is 121 Å². The van der Waals surface area contributed by atoms with Crippen LogP contribution in [0.15, 0.2) is 11.6 Å². The largest absolute Gasteiger partial charge is 0.311 e. The van der Waals surface area contributed by atoms with Crippen molar-refractivity contribution in [1.82, 2.24) is 15.2 Å². The lowest BCUT2D eigenvalue weighted by atomic mass is 9.84. The van der Waals surface area contributed by atoms with Gasteiger partial charge in [0.1, 0.15) is 5.01 Å². The summed E-state index contributed by atoms with van der Waals surface area (Å²) >= 11 is 1.79. The highest BCUT2D eigenvalue weighted by atomic mass is 32.1. The summed E-state index contributed by atoms with van der Waals surface area (Å²) in [5.74, 6) is 0. The minimum atomic E-state index is 0.305. The predicted octanol–water partition coefficient (Wildman–Crippen LogP) is 3.30. The first-order valence-electron chi connectivity index (χ1n) is 7.32. The zero-order chi connectivity index (χ0) is 14.0. The second-order valence-electron chi connectivity index (χ2n) is 6.67. The van der Waals surface area contributed by atoms with Gasteiger partial charge in [0, 0.05) is 36.8 Å². The molecule has 0 radical (unpaired) electrons. The van der Waals surface area contributed by atoms with Crippen LogP contribution in [0.1, 0.15) is 52.1 Å². The number of rotatable bonds is 3. The molecule has 0 bridgehead atoms. The molecule has 1 aromatic rings. The van der Waals surface area contributed by atoms with Crippen LogP contribution < -0.4 is 5.32 Å². The first-order chi connectivity index (χ1) is 8.93. The Bertz CT molecular complexity index is 383. The van der Waals surface area contributed by atoms with E-state index in [1.807, 2.05) is 6.20 Å². The predicted molar refractivity (Wildman–Crippen MR) is 82.6 cm³/mol. The van der Waals surface area contributed by atoms with Gasteiger partial charge in [-0.1, -0.05) is 27.7 Å². The summed E-state index contributed by atoms with van der Waals surface area (Å²) in [6, 6.07) is 1.60. The van der Waals surface area contributed by atoms with Crippen LogP contribution in [0.5, 0.6) is 0 Å². The fraction of sp³-hybridized carbons (Fsp3) is 0.800.